The van der Waals surface area contributed by atoms with Gasteiger partial charge in [-0.25, -0.2) is 4.79 Å². The monoisotopic (exact) mass is 289 g/mol. The van der Waals surface area contributed by atoms with Crippen molar-refractivity contribution in [2.24, 2.45) is 0 Å². The number of fused-ring (bicyclic) bond motifs is 1. The number of amides is 3. The van der Waals surface area contributed by atoms with Crippen molar-refractivity contribution in [1.29, 1.82) is 0 Å². The summed E-state index contributed by atoms with van der Waals surface area (Å²) in [4.78, 5) is 25.9. The number of nitrogens with one attached hydrogen (secondary N) is 2. The molecule has 1 aliphatic heterocycles. The Kier molecular flexibility index (Phi) is 4.83. The van der Waals surface area contributed by atoms with Crippen LogP contribution in [0, 0.1) is 0 Å². The summed E-state index contributed by atoms with van der Waals surface area (Å²) in [7, 11) is 0. The molecule has 1 aromatic rings. The van der Waals surface area contributed by atoms with Crippen LogP contribution in [0.4, 0.5) is 10.5 Å². The summed E-state index contributed by atoms with van der Waals surface area (Å²) in [5.41, 5.74) is 2.35. The van der Waals surface area contributed by atoms with E-state index in [-0.39, 0.29) is 18.0 Å². The van der Waals surface area contributed by atoms with Gasteiger partial charge >= 0.3 is 6.03 Å². The minimum Gasteiger partial charge on any atom is -0.360 e. The van der Waals surface area contributed by atoms with Gasteiger partial charge in [-0.05, 0) is 45.2 Å². The van der Waals surface area contributed by atoms with Gasteiger partial charge in [-0.2, -0.15) is 0 Å². The molecule has 21 heavy (non-hydrogen) atoms. The van der Waals surface area contributed by atoms with Crippen LogP contribution >= 0.6 is 0 Å². The summed E-state index contributed by atoms with van der Waals surface area (Å²) in [6.07, 6.45) is 2.06. The third-order valence-electron chi connectivity index (χ3n) is 3.65. The van der Waals surface area contributed by atoms with E-state index in [1.54, 1.807) is 0 Å². The molecule has 1 heterocycles. The first-order valence-corrected chi connectivity index (χ1v) is 7.45. The quantitative estimate of drug-likeness (QED) is 0.895. The minimum atomic E-state index is -0.438. The molecule has 0 saturated heterocycles. The molecular formula is C16H23N3O2. The number of carbonyl (C=O) groups is 2. The normalized spacial score (nSPS) is 15.3. The van der Waals surface area contributed by atoms with E-state index in [1.165, 1.54) is 5.56 Å². The summed E-state index contributed by atoms with van der Waals surface area (Å²) < 4.78 is 0. The van der Waals surface area contributed by atoms with Crippen LogP contribution in [0.3, 0.4) is 0 Å². The minimum absolute atomic E-state index is 0.00354. The van der Waals surface area contributed by atoms with Gasteiger partial charge in [0.15, 0.2) is 0 Å². The molecule has 0 saturated carbocycles. The first kappa shape index (κ1) is 15.4. The molecule has 1 atom stereocenters. The van der Waals surface area contributed by atoms with Crippen LogP contribution in [0.15, 0.2) is 24.3 Å². The molecule has 5 heteroatoms. The van der Waals surface area contributed by atoms with Crippen molar-refractivity contribution in [3.05, 3.63) is 29.8 Å². The van der Waals surface area contributed by atoms with Crippen molar-refractivity contribution in [2.75, 3.05) is 11.4 Å². The number of para-hydroxylation sites is 1. The van der Waals surface area contributed by atoms with Crippen molar-refractivity contribution in [3.63, 3.8) is 0 Å². The van der Waals surface area contributed by atoms with Crippen molar-refractivity contribution >= 4 is 17.6 Å². The van der Waals surface area contributed by atoms with Crippen molar-refractivity contribution in [2.45, 2.75) is 45.7 Å². The Labute approximate surface area is 125 Å². The Morgan fingerprint density at radius 2 is 1.90 bits per heavy atom. The van der Waals surface area contributed by atoms with E-state index >= 15 is 0 Å². The third-order valence-corrected chi connectivity index (χ3v) is 3.65. The van der Waals surface area contributed by atoms with Crippen molar-refractivity contribution in [1.82, 2.24) is 10.6 Å². The fourth-order valence-electron chi connectivity index (χ4n) is 2.62. The molecule has 0 fully saturated rings. The van der Waals surface area contributed by atoms with Gasteiger partial charge in [-0.15, -0.1) is 0 Å². The van der Waals surface area contributed by atoms with Gasteiger partial charge in [-0.3, -0.25) is 10.1 Å². The molecule has 3 amide bonds. The number of hydrogen-bond donors (Lipinski definition) is 2. The standard InChI is InChI=1S/C16H23N3O2/c1-11(2)17-16(21)18-15(20)12(3)19-10-6-8-13-7-4-5-9-14(13)19/h4-5,7,9,11-12H,6,8,10H2,1-3H3,(H2,17,18,20,21)/t12-/m1/s1. The van der Waals surface area contributed by atoms with Gasteiger partial charge in [-0.1, -0.05) is 18.2 Å². The topological polar surface area (TPSA) is 61.4 Å². The van der Waals surface area contributed by atoms with Crippen molar-refractivity contribution in [3.8, 4) is 0 Å². The Morgan fingerprint density at radius 3 is 2.62 bits per heavy atom. The first-order valence-electron chi connectivity index (χ1n) is 7.45. The highest BCUT2D eigenvalue weighted by Crippen LogP contribution is 2.28. The number of hydrogen-bond acceptors (Lipinski definition) is 3. The lowest BCUT2D eigenvalue weighted by molar-refractivity contribution is -0.121. The highest BCUT2D eigenvalue weighted by atomic mass is 16.2. The number of carbonyl (C=O) groups excluding carboxylic acids is 2. The lowest BCUT2D eigenvalue weighted by atomic mass is 10.00. The zero-order valence-corrected chi connectivity index (χ0v) is 12.8. The fourth-order valence-corrected chi connectivity index (χ4v) is 2.62. The molecule has 0 radical (unpaired) electrons. The second kappa shape index (κ2) is 6.61. The third kappa shape index (κ3) is 3.74. The van der Waals surface area contributed by atoms with Crippen LogP contribution in [-0.2, 0) is 11.2 Å². The van der Waals surface area contributed by atoms with Crippen molar-refractivity contribution < 1.29 is 9.59 Å². The fraction of sp³-hybridized carbons (Fsp3) is 0.500. The molecule has 1 aliphatic rings. The molecule has 2 rings (SSSR count). The largest absolute Gasteiger partial charge is 0.360 e. The van der Waals surface area contributed by atoms with Gasteiger partial charge in [0.25, 0.3) is 0 Å². The van der Waals surface area contributed by atoms with E-state index in [0.717, 1.165) is 25.1 Å². The average Bonchev–Trinajstić information content (AvgIpc) is 2.44. The van der Waals surface area contributed by atoms with E-state index in [9.17, 15) is 9.59 Å². The average molecular weight is 289 g/mol. The van der Waals surface area contributed by atoms with Crippen LogP contribution in [-0.4, -0.2) is 30.6 Å². The Balaban J connectivity index is 2.05. The molecule has 1 aromatic carbocycles. The molecule has 0 unspecified atom stereocenters. The number of anilines is 1. The Bertz CT molecular complexity index is 528. The lowest BCUT2D eigenvalue weighted by Crippen LogP contribution is -2.51. The first-order chi connectivity index (χ1) is 9.99. The van der Waals surface area contributed by atoms with Gasteiger partial charge in [0.1, 0.15) is 6.04 Å². The van der Waals surface area contributed by atoms with E-state index in [0.29, 0.717) is 0 Å². The van der Waals surface area contributed by atoms with E-state index in [4.69, 9.17) is 0 Å². The predicted octanol–water partition coefficient (Wildman–Crippen LogP) is 2.06. The molecule has 0 spiro atoms. The van der Waals surface area contributed by atoms with E-state index in [2.05, 4.69) is 21.6 Å². The summed E-state index contributed by atoms with van der Waals surface area (Å²) >= 11 is 0. The maximum absolute atomic E-state index is 12.2. The second-order valence-electron chi connectivity index (χ2n) is 5.72. The van der Waals surface area contributed by atoms with Crippen LogP contribution < -0.4 is 15.5 Å². The molecule has 2 N–H and O–H groups in total. The number of nitrogens with zero attached hydrogens (tertiary/aromatic N) is 1. The van der Waals surface area contributed by atoms with Gasteiger partial charge in [0.2, 0.25) is 5.91 Å². The summed E-state index contributed by atoms with van der Waals surface area (Å²) in [5, 5.41) is 5.07. The molecule has 5 nitrogen and oxygen atoms in total. The molecule has 0 bridgehead atoms. The van der Waals surface area contributed by atoms with Gasteiger partial charge in [0.05, 0.1) is 0 Å². The highest BCUT2D eigenvalue weighted by molar-refractivity contribution is 5.98. The number of rotatable bonds is 3. The van der Waals surface area contributed by atoms with Gasteiger partial charge in [0, 0.05) is 18.3 Å². The Hall–Kier alpha value is -2.04. The smallest absolute Gasteiger partial charge is 0.321 e. The summed E-state index contributed by atoms with van der Waals surface area (Å²) in [6.45, 7) is 6.38. The number of urea groups is 1. The lowest BCUT2D eigenvalue weighted by Gasteiger charge is -2.35. The van der Waals surface area contributed by atoms with E-state index < -0.39 is 6.03 Å². The second-order valence-corrected chi connectivity index (χ2v) is 5.72. The van der Waals surface area contributed by atoms with E-state index in [1.807, 2.05) is 39.0 Å². The number of imide groups is 1. The summed E-state index contributed by atoms with van der Waals surface area (Å²) in [6, 6.07) is 7.32. The molecule has 114 valence electrons. The maximum Gasteiger partial charge on any atom is 0.321 e. The van der Waals surface area contributed by atoms with Crippen LogP contribution in [0.2, 0.25) is 0 Å². The van der Waals surface area contributed by atoms with Crippen LogP contribution in [0.5, 0.6) is 0 Å². The zero-order valence-electron chi connectivity index (χ0n) is 12.8. The van der Waals surface area contributed by atoms with Crippen LogP contribution in [0.25, 0.3) is 0 Å². The number of benzene rings is 1. The van der Waals surface area contributed by atoms with Crippen LogP contribution in [0.1, 0.15) is 32.8 Å². The zero-order chi connectivity index (χ0) is 15.4. The SMILES string of the molecule is CC(C)NC(=O)NC(=O)[C@@H](C)N1CCCc2ccccc21. The Morgan fingerprint density at radius 1 is 1.19 bits per heavy atom. The molecular weight excluding hydrogens is 266 g/mol. The van der Waals surface area contributed by atoms with Gasteiger partial charge < -0.3 is 10.2 Å². The number of aryl methyl sites for hydroxylation is 1. The summed E-state index contributed by atoms with van der Waals surface area (Å²) in [5.74, 6) is -0.273. The maximum atomic E-state index is 12.2. The molecule has 0 aliphatic carbocycles. The predicted molar refractivity (Wildman–Crippen MR) is 83.4 cm³/mol. The highest BCUT2D eigenvalue weighted by Gasteiger charge is 2.26. The molecule has 0 aromatic heterocycles.